The Kier molecular flexibility index (Phi) is 20.0. The Morgan fingerprint density at radius 1 is 0.658 bits per heavy atom. The summed E-state index contributed by atoms with van der Waals surface area (Å²) in [5, 5.41) is 60.8. The lowest BCUT2D eigenvalue weighted by Crippen LogP contribution is -2.37. The average Bonchev–Trinajstić information content (AvgIpc) is 2.83. The van der Waals surface area contributed by atoms with Gasteiger partial charge in [0.05, 0.1) is 30.5 Å². The SMILES string of the molecule is CCCCCCCCCCCCCCC[C@@H](O)C[C@H](O)C[C@H](O)C[C@H](O)C[C@H](O)C[C@H]1OC(=O)C=C[C@@H]1O. The van der Waals surface area contributed by atoms with Crippen molar-refractivity contribution >= 4 is 5.97 Å². The summed E-state index contributed by atoms with van der Waals surface area (Å²) in [6, 6.07) is 0. The molecule has 0 radical (unpaired) electrons. The van der Waals surface area contributed by atoms with Gasteiger partial charge >= 0.3 is 5.97 Å². The van der Waals surface area contributed by atoms with E-state index in [9.17, 15) is 35.4 Å². The van der Waals surface area contributed by atoms with Gasteiger partial charge in [0.2, 0.25) is 0 Å². The van der Waals surface area contributed by atoms with Gasteiger partial charge in [-0.3, -0.25) is 0 Å². The van der Waals surface area contributed by atoms with Crippen LogP contribution < -0.4 is 0 Å². The highest BCUT2D eigenvalue weighted by atomic mass is 16.6. The molecule has 0 saturated heterocycles. The number of aliphatic hydroxyl groups is 6. The van der Waals surface area contributed by atoms with E-state index in [-0.39, 0.29) is 32.1 Å². The van der Waals surface area contributed by atoms with Crippen LogP contribution in [0.1, 0.15) is 129 Å². The van der Waals surface area contributed by atoms with E-state index in [2.05, 4.69) is 6.92 Å². The monoisotopic (exact) mass is 544 g/mol. The fraction of sp³-hybridized carbons (Fsp3) is 0.900. The summed E-state index contributed by atoms with van der Waals surface area (Å²) in [6.07, 6.45) is 13.3. The molecular weight excluding hydrogens is 488 g/mol. The molecule has 224 valence electrons. The zero-order chi connectivity index (χ0) is 28.2. The van der Waals surface area contributed by atoms with Crippen LogP contribution in [0.5, 0.6) is 0 Å². The predicted octanol–water partition coefficient (Wildman–Crippen LogP) is 4.07. The number of esters is 1. The van der Waals surface area contributed by atoms with E-state index in [4.69, 9.17) is 4.74 Å². The number of hydrogen-bond acceptors (Lipinski definition) is 8. The molecule has 0 saturated carbocycles. The molecule has 0 amide bonds. The Hall–Kier alpha value is -1.03. The Labute approximate surface area is 230 Å². The Balaban J connectivity index is 2.03. The second-order valence-corrected chi connectivity index (χ2v) is 11.3. The highest BCUT2D eigenvalue weighted by Gasteiger charge is 2.28. The first-order chi connectivity index (χ1) is 18.2. The van der Waals surface area contributed by atoms with Crippen LogP contribution in [0, 0.1) is 0 Å². The van der Waals surface area contributed by atoms with Gasteiger partial charge in [0.15, 0.2) is 0 Å². The number of carbonyl (C=O) groups excluding carboxylic acids is 1. The molecule has 0 bridgehead atoms. The van der Waals surface area contributed by atoms with Crippen LogP contribution in [0.4, 0.5) is 0 Å². The van der Waals surface area contributed by atoms with Gasteiger partial charge in [-0.25, -0.2) is 4.79 Å². The summed E-state index contributed by atoms with van der Waals surface area (Å²) >= 11 is 0. The van der Waals surface area contributed by atoms with Crippen molar-refractivity contribution in [3.8, 4) is 0 Å². The van der Waals surface area contributed by atoms with Crippen LogP contribution in [0.25, 0.3) is 0 Å². The molecule has 38 heavy (non-hydrogen) atoms. The maximum Gasteiger partial charge on any atom is 0.330 e. The van der Waals surface area contributed by atoms with E-state index in [1.165, 1.54) is 76.7 Å². The van der Waals surface area contributed by atoms with Gasteiger partial charge in [-0.15, -0.1) is 0 Å². The van der Waals surface area contributed by atoms with Crippen LogP contribution in [0.15, 0.2) is 12.2 Å². The first-order valence-corrected chi connectivity index (χ1v) is 15.2. The Morgan fingerprint density at radius 3 is 1.58 bits per heavy atom. The lowest BCUT2D eigenvalue weighted by molar-refractivity contribution is -0.151. The van der Waals surface area contributed by atoms with Crippen molar-refractivity contribution in [2.24, 2.45) is 0 Å². The highest BCUT2D eigenvalue weighted by Crippen LogP contribution is 2.20. The second-order valence-electron chi connectivity index (χ2n) is 11.3. The van der Waals surface area contributed by atoms with Crippen molar-refractivity contribution < 1.29 is 40.2 Å². The van der Waals surface area contributed by atoms with E-state index in [1.54, 1.807) is 0 Å². The number of carbonyl (C=O) groups is 1. The number of hydrogen-bond donors (Lipinski definition) is 6. The van der Waals surface area contributed by atoms with E-state index in [0.29, 0.717) is 6.42 Å². The molecule has 0 spiro atoms. The zero-order valence-electron chi connectivity index (χ0n) is 23.6. The first-order valence-electron chi connectivity index (χ1n) is 15.2. The smallest absolute Gasteiger partial charge is 0.330 e. The summed E-state index contributed by atoms with van der Waals surface area (Å²) in [4.78, 5) is 11.3. The van der Waals surface area contributed by atoms with Crippen molar-refractivity contribution in [1.29, 1.82) is 0 Å². The lowest BCUT2D eigenvalue weighted by atomic mass is 9.95. The minimum absolute atomic E-state index is 0.0294. The van der Waals surface area contributed by atoms with Crippen LogP contribution in [-0.4, -0.2) is 79.3 Å². The molecule has 8 heteroatoms. The molecule has 0 fully saturated rings. The standard InChI is InChI=1S/C30H56O8/c1-2-3-4-5-6-7-8-9-10-11-12-13-14-15-23(31)18-24(32)19-25(33)20-26(34)21-27(35)22-29-28(36)16-17-30(37)38-29/h16-17,23-29,31-36H,2-15,18-22H2,1H3/t23-,24+,25+,26+,27+,28+,29-/m1/s1. The van der Waals surface area contributed by atoms with Gasteiger partial charge in [0, 0.05) is 12.5 Å². The van der Waals surface area contributed by atoms with E-state index in [0.717, 1.165) is 18.9 Å². The third-order valence-corrected chi connectivity index (χ3v) is 7.40. The molecule has 0 aromatic carbocycles. The maximum atomic E-state index is 11.3. The van der Waals surface area contributed by atoms with Crippen LogP contribution in [-0.2, 0) is 9.53 Å². The number of unbranched alkanes of at least 4 members (excludes halogenated alkanes) is 12. The molecule has 0 unspecified atom stereocenters. The summed E-state index contributed by atoms with van der Waals surface area (Å²) in [5.41, 5.74) is 0. The van der Waals surface area contributed by atoms with Gasteiger partial charge in [-0.05, 0) is 38.2 Å². The molecule has 1 rings (SSSR count). The molecule has 1 aliphatic rings. The van der Waals surface area contributed by atoms with Crippen molar-refractivity contribution in [3.05, 3.63) is 12.2 Å². The van der Waals surface area contributed by atoms with Crippen molar-refractivity contribution in [1.82, 2.24) is 0 Å². The molecule has 0 aliphatic carbocycles. The highest BCUT2D eigenvalue weighted by molar-refractivity contribution is 5.83. The lowest BCUT2D eigenvalue weighted by Gasteiger charge is -2.27. The normalized spacial score (nSPS) is 21.6. The van der Waals surface area contributed by atoms with Gasteiger partial charge in [-0.2, -0.15) is 0 Å². The number of ether oxygens (including phenoxy) is 1. The Morgan fingerprint density at radius 2 is 1.08 bits per heavy atom. The molecular formula is C30H56O8. The molecule has 8 nitrogen and oxygen atoms in total. The van der Waals surface area contributed by atoms with E-state index >= 15 is 0 Å². The molecule has 1 heterocycles. The molecule has 7 atom stereocenters. The summed E-state index contributed by atoms with van der Waals surface area (Å²) < 4.78 is 4.98. The minimum Gasteiger partial charge on any atom is -0.456 e. The minimum atomic E-state index is -1.02. The topological polar surface area (TPSA) is 148 Å². The molecule has 1 aliphatic heterocycles. The largest absolute Gasteiger partial charge is 0.456 e. The van der Waals surface area contributed by atoms with Gasteiger partial charge in [0.25, 0.3) is 0 Å². The molecule has 0 aromatic rings. The number of cyclic esters (lactones) is 1. The number of rotatable bonds is 24. The molecule has 0 aromatic heterocycles. The third kappa shape index (κ3) is 18.3. The fourth-order valence-electron chi connectivity index (χ4n) is 5.17. The number of aliphatic hydroxyl groups excluding tert-OH is 6. The third-order valence-electron chi connectivity index (χ3n) is 7.40. The van der Waals surface area contributed by atoms with Crippen LogP contribution in [0.2, 0.25) is 0 Å². The average molecular weight is 545 g/mol. The van der Waals surface area contributed by atoms with Gasteiger partial charge < -0.3 is 35.4 Å². The van der Waals surface area contributed by atoms with Crippen molar-refractivity contribution in [2.45, 2.75) is 172 Å². The van der Waals surface area contributed by atoms with Gasteiger partial charge in [0.1, 0.15) is 12.2 Å². The predicted molar refractivity (Wildman–Crippen MR) is 148 cm³/mol. The fourth-order valence-corrected chi connectivity index (χ4v) is 5.17. The maximum absolute atomic E-state index is 11.3. The molecule has 6 N–H and O–H groups in total. The summed E-state index contributed by atoms with van der Waals surface area (Å²) in [7, 11) is 0. The van der Waals surface area contributed by atoms with Crippen molar-refractivity contribution in [3.63, 3.8) is 0 Å². The summed E-state index contributed by atoms with van der Waals surface area (Å²) in [5.74, 6) is -0.589. The van der Waals surface area contributed by atoms with Crippen LogP contribution >= 0.6 is 0 Å². The van der Waals surface area contributed by atoms with Crippen molar-refractivity contribution in [2.75, 3.05) is 0 Å². The quantitative estimate of drug-likeness (QED) is 0.0787. The summed E-state index contributed by atoms with van der Waals surface area (Å²) in [6.45, 7) is 2.25. The Bertz CT molecular complexity index is 613. The van der Waals surface area contributed by atoms with E-state index < -0.39 is 48.7 Å². The first kappa shape index (κ1) is 35.0. The zero-order valence-corrected chi connectivity index (χ0v) is 23.6. The van der Waals surface area contributed by atoms with Crippen LogP contribution in [0.3, 0.4) is 0 Å². The second kappa shape index (κ2) is 21.8. The van der Waals surface area contributed by atoms with E-state index in [1.807, 2.05) is 0 Å². The van der Waals surface area contributed by atoms with Gasteiger partial charge in [-0.1, -0.05) is 90.4 Å².